The van der Waals surface area contributed by atoms with Crippen LogP contribution < -0.4 is 10.6 Å². The number of ether oxygens (including phenoxy) is 1. The molecule has 2 amide bonds. The Morgan fingerprint density at radius 3 is 2.45 bits per heavy atom. The molecule has 0 aromatic heterocycles. The van der Waals surface area contributed by atoms with Crippen molar-refractivity contribution >= 4 is 56.7 Å². The van der Waals surface area contributed by atoms with Crippen LogP contribution in [-0.2, 0) is 19.1 Å². The maximum Gasteiger partial charge on any atom is 0.389 e. The van der Waals surface area contributed by atoms with Gasteiger partial charge in [-0.2, -0.15) is 13.2 Å². The van der Waals surface area contributed by atoms with E-state index in [0.717, 1.165) is 12.8 Å². The zero-order valence-corrected chi connectivity index (χ0v) is 25.5. The zero-order chi connectivity index (χ0) is 30.6. The largest absolute Gasteiger partial charge is 0.465 e. The van der Waals surface area contributed by atoms with Crippen LogP contribution in [0.4, 0.5) is 18.9 Å². The maximum atomic E-state index is 13.7. The number of rotatable bonds is 11. The Kier molecular flexibility index (Phi) is 10.4. The van der Waals surface area contributed by atoms with Crippen LogP contribution in [0.15, 0.2) is 51.9 Å². The van der Waals surface area contributed by atoms with Crippen molar-refractivity contribution in [2.75, 3.05) is 11.9 Å². The number of hydrogen-bond acceptors (Lipinski definition) is 5. The fourth-order valence-corrected chi connectivity index (χ4v) is 5.39. The molecule has 42 heavy (non-hydrogen) atoms. The number of amides is 2. The Morgan fingerprint density at radius 2 is 1.83 bits per heavy atom. The highest BCUT2D eigenvalue weighted by atomic mass is 79.9. The van der Waals surface area contributed by atoms with Crippen LogP contribution in [0.5, 0.6) is 0 Å². The van der Waals surface area contributed by atoms with Gasteiger partial charge in [0.15, 0.2) is 0 Å². The first-order valence-corrected chi connectivity index (χ1v) is 15.0. The molecule has 1 aliphatic carbocycles. The summed E-state index contributed by atoms with van der Waals surface area (Å²) in [5, 5.41) is 5.80. The topological polar surface area (TPSA) is 96.9 Å². The number of benzodiazepines with no additional fused rings is 1. The number of nitrogens with zero attached hydrogens (tertiary/aromatic N) is 1. The van der Waals surface area contributed by atoms with E-state index in [2.05, 4.69) is 31.6 Å². The molecule has 12 heteroatoms. The fourth-order valence-electron chi connectivity index (χ4n) is 4.80. The third kappa shape index (κ3) is 8.56. The van der Waals surface area contributed by atoms with Gasteiger partial charge in [-0.25, -0.2) is 4.99 Å². The van der Waals surface area contributed by atoms with Gasteiger partial charge in [0.1, 0.15) is 0 Å². The lowest BCUT2D eigenvalue weighted by Crippen LogP contribution is -2.47. The number of benzene rings is 2. The Bertz CT molecular complexity index is 1350. The molecule has 1 fully saturated rings. The molecule has 1 heterocycles. The molecule has 1 aliphatic heterocycles. The Balaban J connectivity index is 1.68. The fraction of sp³-hybridized carbons (Fsp3) is 0.467. The molecular weight excluding hydrogens is 639 g/mol. The van der Waals surface area contributed by atoms with Gasteiger partial charge in [0, 0.05) is 27.0 Å². The van der Waals surface area contributed by atoms with E-state index in [1.165, 1.54) is 0 Å². The highest BCUT2D eigenvalue weighted by Crippen LogP contribution is 2.40. The first-order valence-electron chi connectivity index (χ1n) is 13.8. The van der Waals surface area contributed by atoms with Gasteiger partial charge in [-0.1, -0.05) is 62.6 Å². The molecule has 226 valence electrons. The minimum Gasteiger partial charge on any atom is -0.465 e. The van der Waals surface area contributed by atoms with Gasteiger partial charge in [0.05, 0.1) is 29.8 Å². The number of alkyl halides is 3. The molecular formula is C30H32BrClF3N3O4. The number of aliphatic imine (C=N–C) groups is 1. The smallest absolute Gasteiger partial charge is 0.389 e. The maximum absolute atomic E-state index is 13.7. The van der Waals surface area contributed by atoms with Crippen LogP contribution in [0.25, 0.3) is 0 Å². The van der Waals surface area contributed by atoms with Crippen molar-refractivity contribution in [1.29, 1.82) is 0 Å². The van der Waals surface area contributed by atoms with Crippen molar-refractivity contribution in [2.45, 2.75) is 58.3 Å². The van der Waals surface area contributed by atoms with Gasteiger partial charge in [0.25, 0.3) is 5.91 Å². The van der Waals surface area contributed by atoms with Crippen molar-refractivity contribution < 1.29 is 32.3 Å². The molecule has 7 nitrogen and oxygen atoms in total. The average Bonchev–Trinajstić information content (AvgIpc) is 3.75. The second kappa shape index (κ2) is 13.6. The molecule has 1 unspecified atom stereocenters. The van der Waals surface area contributed by atoms with E-state index >= 15 is 0 Å². The van der Waals surface area contributed by atoms with Crippen molar-refractivity contribution in [3.63, 3.8) is 0 Å². The van der Waals surface area contributed by atoms with Crippen molar-refractivity contribution in [3.8, 4) is 0 Å². The van der Waals surface area contributed by atoms with Gasteiger partial charge in [-0.3, -0.25) is 14.4 Å². The molecule has 3 atom stereocenters. The van der Waals surface area contributed by atoms with Crippen LogP contribution >= 0.6 is 27.5 Å². The lowest BCUT2D eigenvalue weighted by atomic mass is 9.83. The average molecular weight is 671 g/mol. The van der Waals surface area contributed by atoms with Crippen molar-refractivity contribution in [1.82, 2.24) is 5.32 Å². The summed E-state index contributed by atoms with van der Waals surface area (Å²) in [6, 6.07) is 12.0. The third-order valence-electron chi connectivity index (χ3n) is 7.13. The summed E-state index contributed by atoms with van der Waals surface area (Å²) in [5.74, 6) is -4.57. The number of fused-ring (bicyclic) bond motifs is 1. The number of carbonyl (C=O) groups is 3. The second-order valence-electron chi connectivity index (χ2n) is 11.1. The number of esters is 1. The predicted octanol–water partition coefficient (Wildman–Crippen LogP) is 6.91. The number of hydrogen-bond donors (Lipinski definition) is 2. The Labute approximate surface area is 255 Å². The van der Waals surface area contributed by atoms with Crippen molar-refractivity contribution in [2.24, 2.45) is 28.7 Å². The minimum atomic E-state index is -4.54. The minimum absolute atomic E-state index is 0.00856. The first kappa shape index (κ1) is 32.0. The highest BCUT2D eigenvalue weighted by molar-refractivity contribution is 9.10. The number of nitrogens with one attached hydrogen (secondary N) is 2. The Hall–Kier alpha value is -2.92. The second-order valence-corrected chi connectivity index (χ2v) is 12.4. The van der Waals surface area contributed by atoms with Gasteiger partial charge in [-0.15, -0.1) is 0 Å². The molecule has 4 rings (SSSR count). The third-order valence-corrected chi connectivity index (χ3v) is 8.04. The monoisotopic (exact) mass is 669 g/mol. The van der Waals surface area contributed by atoms with Crippen LogP contribution in [0.2, 0.25) is 5.02 Å². The first-order chi connectivity index (χ1) is 19.8. The SMILES string of the molecule is CC(C)COC(=O)[C@@H](CC1CC1)[C@@H](CCC(F)(F)F)C(=O)NC1N=C(c2ccc(Cl)cc2)c2cccc(Br)c2NC1=O. The van der Waals surface area contributed by atoms with E-state index < -0.39 is 54.8 Å². The molecule has 0 spiro atoms. The summed E-state index contributed by atoms with van der Waals surface area (Å²) in [6.07, 6.45) is -6.03. The zero-order valence-electron chi connectivity index (χ0n) is 23.1. The summed E-state index contributed by atoms with van der Waals surface area (Å²) >= 11 is 9.51. The quantitative estimate of drug-likeness (QED) is 0.254. The van der Waals surface area contributed by atoms with E-state index in [-0.39, 0.29) is 24.9 Å². The summed E-state index contributed by atoms with van der Waals surface area (Å²) < 4.78 is 46.0. The predicted molar refractivity (Wildman–Crippen MR) is 157 cm³/mol. The molecule has 2 aromatic rings. The summed E-state index contributed by atoms with van der Waals surface area (Å²) in [5.41, 5.74) is 1.95. The normalized spacial score (nSPS) is 18.3. The van der Waals surface area contributed by atoms with E-state index in [0.29, 0.717) is 32.0 Å². The van der Waals surface area contributed by atoms with Crippen molar-refractivity contribution in [3.05, 3.63) is 63.1 Å². The molecule has 2 N–H and O–H groups in total. The number of para-hydroxylation sites is 1. The van der Waals surface area contributed by atoms with Gasteiger partial charge >= 0.3 is 12.1 Å². The summed E-state index contributed by atoms with van der Waals surface area (Å²) in [7, 11) is 0. The lowest BCUT2D eigenvalue weighted by Gasteiger charge is -2.27. The number of anilines is 1. The molecule has 0 bridgehead atoms. The van der Waals surface area contributed by atoms with Crippen LogP contribution in [0.3, 0.4) is 0 Å². The van der Waals surface area contributed by atoms with Crippen LogP contribution in [0.1, 0.15) is 57.1 Å². The van der Waals surface area contributed by atoms with Crippen LogP contribution in [0, 0.1) is 23.7 Å². The number of halogens is 5. The molecule has 0 radical (unpaired) electrons. The molecule has 2 aromatic carbocycles. The van der Waals surface area contributed by atoms with Gasteiger partial charge in [-0.05, 0) is 58.8 Å². The molecule has 2 aliphatic rings. The Morgan fingerprint density at radius 1 is 1.14 bits per heavy atom. The van der Waals surface area contributed by atoms with E-state index in [4.69, 9.17) is 16.3 Å². The molecule has 0 saturated heterocycles. The molecule has 1 saturated carbocycles. The summed E-state index contributed by atoms with van der Waals surface area (Å²) in [4.78, 5) is 44.8. The summed E-state index contributed by atoms with van der Waals surface area (Å²) in [6.45, 7) is 3.77. The van der Waals surface area contributed by atoms with Gasteiger partial charge < -0.3 is 15.4 Å². The van der Waals surface area contributed by atoms with E-state index in [9.17, 15) is 27.6 Å². The van der Waals surface area contributed by atoms with Gasteiger partial charge in [0.2, 0.25) is 12.1 Å². The van der Waals surface area contributed by atoms with Crippen LogP contribution in [-0.4, -0.2) is 42.4 Å². The standard InChI is InChI=1S/C30H32BrClF3N3O4/c1-16(2)15-42-29(41)22(14-17-6-7-17)20(12-13-30(33,34)35)27(39)38-26-28(40)37-25-21(4-3-5-23(25)31)24(36-26)18-8-10-19(32)11-9-18/h3-5,8-11,16-17,20,22,26H,6-7,12-15H2,1-2H3,(H,37,40)(H,38,39)/t20-,22+,26?/m1/s1. The van der Waals surface area contributed by atoms with E-state index in [1.807, 2.05) is 13.8 Å². The van der Waals surface area contributed by atoms with E-state index in [1.54, 1.807) is 42.5 Å². The highest BCUT2D eigenvalue weighted by Gasteiger charge is 2.42. The number of carbonyl (C=O) groups excluding carboxylic acids is 3. The lowest BCUT2D eigenvalue weighted by molar-refractivity contribution is -0.159.